The third-order valence-electron chi connectivity index (χ3n) is 5.42. The lowest BCUT2D eigenvalue weighted by molar-refractivity contribution is -0.304. The molecule has 0 radical (unpaired) electrons. The Kier molecular flexibility index (Phi) is 8.46. The molecular weight excluding hydrogens is 476 g/mol. The van der Waals surface area contributed by atoms with Crippen LogP contribution < -0.4 is 21.3 Å². The second-order valence-corrected chi connectivity index (χ2v) is 10.1. The molecule has 0 unspecified atom stereocenters. The number of anilines is 1. The smallest absolute Gasteiger partial charge is 0.327 e. The van der Waals surface area contributed by atoms with E-state index in [0.717, 1.165) is 12.8 Å². The molecule has 0 atom stereocenters. The van der Waals surface area contributed by atoms with Crippen LogP contribution >= 0.6 is 0 Å². The molecule has 0 bridgehead atoms. The number of carbonyl (C=O) groups is 1. The highest BCUT2D eigenvalue weighted by molar-refractivity contribution is 7.89. The van der Waals surface area contributed by atoms with E-state index in [9.17, 15) is 23.1 Å². The summed E-state index contributed by atoms with van der Waals surface area (Å²) in [4.78, 5) is 34.3. The van der Waals surface area contributed by atoms with Gasteiger partial charge in [-0.05, 0) is 37.0 Å². The van der Waals surface area contributed by atoms with Crippen LogP contribution in [0, 0.1) is 0 Å². The van der Waals surface area contributed by atoms with Gasteiger partial charge < -0.3 is 25.4 Å². The molecule has 0 saturated carbocycles. The number of aromatic nitrogens is 4. The molecule has 12 nitrogen and oxygen atoms in total. The standard InChI is InChI=1S/C22H30N6O6S/c1-3-4-12-34-21-25-19(23)18-20(26-21)28(22(31)24-18)11-6-5-10-27(2)35(32,33)16-9-7-8-15(13-16)14-17(29)30/h7-9,13H,3-6,10-12,14H2,1-2H3,(H,24,31)(H,29,30)(H2,23,25,26)/p-1. The van der Waals surface area contributed by atoms with Gasteiger partial charge in [-0.1, -0.05) is 25.5 Å². The first kappa shape index (κ1) is 26.2. The van der Waals surface area contributed by atoms with Crippen LogP contribution in [-0.4, -0.2) is 58.4 Å². The van der Waals surface area contributed by atoms with Gasteiger partial charge in [0.15, 0.2) is 11.5 Å². The lowest BCUT2D eigenvalue weighted by Crippen LogP contribution is -2.29. The normalized spacial score (nSPS) is 11.9. The molecule has 35 heavy (non-hydrogen) atoms. The van der Waals surface area contributed by atoms with E-state index in [0.29, 0.717) is 42.7 Å². The van der Waals surface area contributed by atoms with E-state index in [4.69, 9.17) is 10.5 Å². The molecule has 0 aliphatic carbocycles. The molecule has 0 amide bonds. The average Bonchev–Trinajstić information content (AvgIpc) is 3.12. The fourth-order valence-corrected chi connectivity index (χ4v) is 4.78. The third kappa shape index (κ3) is 6.36. The highest BCUT2D eigenvalue weighted by Crippen LogP contribution is 2.19. The Morgan fingerprint density at radius 3 is 2.74 bits per heavy atom. The largest absolute Gasteiger partial charge is 0.550 e. The zero-order valence-corrected chi connectivity index (χ0v) is 20.5. The molecule has 0 aliphatic heterocycles. The van der Waals surface area contributed by atoms with E-state index in [1.807, 2.05) is 6.92 Å². The van der Waals surface area contributed by atoms with E-state index in [2.05, 4.69) is 15.0 Å². The topological polar surface area (TPSA) is 176 Å². The Morgan fingerprint density at radius 1 is 1.26 bits per heavy atom. The van der Waals surface area contributed by atoms with Crippen LogP contribution in [0.25, 0.3) is 11.2 Å². The summed E-state index contributed by atoms with van der Waals surface area (Å²) in [6.45, 7) is 2.96. The number of imidazole rings is 1. The lowest BCUT2D eigenvalue weighted by atomic mass is 10.2. The lowest BCUT2D eigenvalue weighted by Gasteiger charge is -2.18. The molecule has 0 spiro atoms. The van der Waals surface area contributed by atoms with E-state index < -0.39 is 21.7 Å². The Labute approximate surface area is 202 Å². The minimum absolute atomic E-state index is 0.00868. The number of nitrogens with one attached hydrogen (secondary N) is 1. The number of nitrogens with zero attached hydrogens (tertiary/aromatic N) is 4. The molecule has 13 heteroatoms. The van der Waals surface area contributed by atoms with E-state index in [1.165, 1.54) is 40.2 Å². The predicted octanol–water partition coefficient (Wildman–Crippen LogP) is 0.274. The molecule has 0 aliphatic rings. The van der Waals surface area contributed by atoms with Gasteiger partial charge in [0.1, 0.15) is 5.52 Å². The van der Waals surface area contributed by atoms with E-state index in [-0.39, 0.29) is 29.7 Å². The van der Waals surface area contributed by atoms with Gasteiger partial charge in [0.2, 0.25) is 10.0 Å². The fraction of sp³-hybridized carbons (Fsp3) is 0.455. The number of ether oxygens (including phenoxy) is 1. The number of nitrogen functional groups attached to an aromatic ring is 1. The van der Waals surface area contributed by atoms with Crippen LogP contribution in [0.1, 0.15) is 38.2 Å². The van der Waals surface area contributed by atoms with E-state index >= 15 is 0 Å². The quantitative estimate of drug-likeness (QED) is 0.309. The molecule has 1 aromatic carbocycles. The molecule has 190 valence electrons. The molecule has 2 heterocycles. The van der Waals surface area contributed by atoms with Crippen LogP contribution in [0.3, 0.4) is 0 Å². The van der Waals surface area contributed by atoms with Crippen molar-refractivity contribution in [2.24, 2.45) is 0 Å². The number of sulfonamides is 1. The van der Waals surface area contributed by atoms with Crippen molar-refractivity contribution in [3.05, 3.63) is 40.3 Å². The van der Waals surface area contributed by atoms with E-state index in [1.54, 1.807) is 0 Å². The van der Waals surface area contributed by atoms with Crippen LogP contribution in [0.4, 0.5) is 5.82 Å². The maximum atomic E-state index is 12.9. The van der Waals surface area contributed by atoms with Crippen molar-refractivity contribution in [2.45, 2.75) is 50.5 Å². The number of fused-ring (bicyclic) bond motifs is 1. The number of hydrogen-bond acceptors (Lipinski definition) is 9. The molecule has 3 rings (SSSR count). The number of rotatable bonds is 13. The summed E-state index contributed by atoms with van der Waals surface area (Å²) in [5.74, 6) is -1.17. The summed E-state index contributed by atoms with van der Waals surface area (Å²) in [6.07, 6.45) is 2.37. The van der Waals surface area contributed by atoms with Gasteiger partial charge >= 0.3 is 11.7 Å². The van der Waals surface area contributed by atoms with Crippen molar-refractivity contribution in [1.29, 1.82) is 0 Å². The molecule has 3 aromatic rings. The van der Waals surface area contributed by atoms with Gasteiger partial charge in [-0.15, -0.1) is 0 Å². The summed E-state index contributed by atoms with van der Waals surface area (Å²) in [6, 6.07) is 5.88. The van der Waals surface area contributed by atoms with Gasteiger partial charge in [-0.2, -0.15) is 9.97 Å². The van der Waals surface area contributed by atoms with Crippen LogP contribution in [0.15, 0.2) is 34.0 Å². The predicted molar refractivity (Wildman–Crippen MR) is 127 cm³/mol. The number of carbonyl (C=O) groups excluding carboxylic acids is 1. The highest BCUT2D eigenvalue weighted by Gasteiger charge is 2.21. The van der Waals surface area contributed by atoms with Crippen molar-refractivity contribution in [3.63, 3.8) is 0 Å². The molecule has 3 N–H and O–H groups in total. The minimum Gasteiger partial charge on any atom is -0.550 e. The number of unbranched alkanes of at least 4 members (excludes halogenated alkanes) is 2. The van der Waals surface area contributed by atoms with Gasteiger partial charge in [0.25, 0.3) is 0 Å². The summed E-state index contributed by atoms with van der Waals surface area (Å²) in [5, 5.41) is 10.8. The number of benzene rings is 1. The van der Waals surface area contributed by atoms with Crippen molar-refractivity contribution >= 4 is 33.0 Å². The second kappa shape index (κ2) is 11.3. The molecular formula is C22H29N6O6S-. The van der Waals surface area contributed by atoms with Gasteiger partial charge in [0.05, 0.1) is 11.5 Å². The number of H-pyrrole nitrogens is 1. The number of carboxylic acid groups (broad SMARTS) is 1. The Bertz CT molecular complexity index is 1350. The second-order valence-electron chi connectivity index (χ2n) is 8.10. The Morgan fingerprint density at radius 2 is 2.03 bits per heavy atom. The Hall–Kier alpha value is -3.45. The highest BCUT2D eigenvalue weighted by atomic mass is 32.2. The first-order chi connectivity index (χ1) is 16.6. The Balaban J connectivity index is 1.65. The van der Waals surface area contributed by atoms with Crippen LogP contribution in [0.2, 0.25) is 0 Å². The number of carboxylic acids is 1. The maximum absolute atomic E-state index is 12.9. The van der Waals surface area contributed by atoms with Crippen molar-refractivity contribution in [2.75, 3.05) is 25.9 Å². The van der Waals surface area contributed by atoms with Gasteiger partial charge in [-0.25, -0.2) is 17.5 Å². The first-order valence-corrected chi connectivity index (χ1v) is 12.7. The number of aliphatic carboxylic acids is 1. The van der Waals surface area contributed by atoms with Crippen LogP contribution in [0.5, 0.6) is 6.01 Å². The molecule has 2 aromatic heterocycles. The van der Waals surface area contributed by atoms with Gasteiger partial charge in [-0.3, -0.25) is 4.57 Å². The number of hydrogen-bond donors (Lipinski definition) is 2. The number of aryl methyl sites for hydroxylation is 1. The zero-order valence-electron chi connectivity index (χ0n) is 19.7. The summed E-state index contributed by atoms with van der Waals surface area (Å²) < 4.78 is 33.9. The average molecular weight is 506 g/mol. The zero-order chi connectivity index (χ0) is 25.6. The monoisotopic (exact) mass is 505 g/mol. The number of nitrogens with two attached hydrogens (primary N) is 1. The van der Waals surface area contributed by atoms with Crippen LogP contribution in [-0.2, 0) is 27.8 Å². The van der Waals surface area contributed by atoms with Crippen molar-refractivity contribution in [1.82, 2.24) is 23.8 Å². The summed E-state index contributed by atoms with van der Waals surface area (Å²) in [7, 11) is -2.35. The fourth-order valence-electron chi connectivity index (χ4n) is 3.50. The van der Waals surface area contributed by atoms with Crippen molar-refractivity contribution in [3.8, 4) is 6.01 Å². The van der Waals surface area contributed by atoms with Gasteiger partial charge in [0, 0.05) is 32.5 Å². The summed E-state index contributed by atoms with van der Waals surface area (Å²) in [5.41, 5.74) is 6.57. The molecule has 0 fully saturated rings. The minimum atomic E-state index is -3.81. The third-order valence-corrected chi connectivity index (χ3v) is 7.27. The van der Waals surface area contributed by atoms with Crippen molar-refractivity contribution < 1.29 is 23.1 Å². The maximum Gasteiger partial charge on any atom is 0.327 e. The first-order valence-electron chi connectivity index (χ1n) is 11.3. The SMILES string of the molecule is CCCCOc1nc(N)c2[nH]c(=O)n(CCCCN(C)S(=O)(=O)c3cccc(CC(=O)[O-])c3)c2n1. The summed E-state index contributed by atoms with van der Waals surface area (Å²) >= 11 is 0. The molecule has 0 saturated heterocycles. The number of aromatic amines is 1.